The van der Waals surface area contributed by atoms with Crippen molar-refractivity contribution in [2.45, 2.75) is 25.9 Å². The van der Waals surface area contributed by atoms with E-state index in [2.05, 4.69) is 10.5 Å². The Kier molecular flexibility index (Phi) is 4.30. The number of nitrogens with zero attached hydrogens (tertiary/aromatic N) is 2. The summed E-state index contributed by atoms with van der Waals surface area (Å²) in [7, 11) is 3.51. The molecule has 0 saturated carbocycles. The molecule has 0 radical (unpaired) electrons. The molecule has 0 aliphatic heterocycles. The highest BCUT2D eigenvalue weighted by atomic mass is 16.5. The highest BCUT2D eigenvalue weighted by Crippen LogP contribution is 1.98. The Morgan fingerprint density at radius 1 is 1.67 bits per heavy atom. The molecule has 0 bridgehead atoms. The van der Waals surface area contributed by atoms with E-state index in [0.29, 0.717) is 13.0 Å². The van der Waals surface area contributed by atoms with Crippen molar-refractivity contribution in [1.29, 1.82) is 0 Å². The quantitative estimate of drug-likeness (QED) is 0.776. The summed E-state index contributed by atoms with van der Waals surface area (Å²) in [5.74, 6) is 0.121. The van der Waals surface area contributed by atoms with Crippen molar-refractivity contribution in [3.05, 3.63) is 18.0 Å². The van der Waals surface area contributed by atoms with Crippen LogP contribution in [0.5, 0.6) is 0 Å². The van der Waals surface area contributed by atoms with Gasteiger partial charge in [-0.2, -0.15) is 0 Å². The maximum Gasteiger partial charge on any atom is 0.223 e. The van der Waals surface area contributed by atoms with E-state index in [0.717, 1.165) is 5.69 Å². The van der Waals surface area contributed by atoms with Crippen LogP contribution in [0, 0.1) is 0 Å². The number of hydrogen-bond acceptors (Lipinski definition) is 4. The topological polar surface area (TPSA) is 58.4 Å². The van der Waals surface area contributed by atoms with E-state index >= 15 is 0 Å². The summed E-state index contributed by atoms with van der Waals surface area (Å²) in [6.45, 7) is 2.60. The van der Waals surface area contributed by atoms with E-state index in [4.69, 9.17) is 4.52 Å². The molecule has 1 atom stereocenters. The minimum Gasteiger partial charge on any atom is -0.364 e. The van der Waals surface area contributed by atoms with Crippen LogP contribution in [0.4, 0.5) is 0 Å². The summed E-state index contributed by atoms with van der Waals surface area (Å²) in [6, 6.07) is 1.93. The van der Waals surface area contributed by atoms with Gasteiger partial charge in [0.1, 0.15) is 6.26 Å². The molecule has 1 unspecified atom stereocenters. The lowest BCUT2D eigenvalue weighted by atomic mass is 10.2. The molecular weight excluding hydrogens is 194 g/mol. The fourth-order valence-electron chi connectivity index (χ4n) is 1.12. The zero-order valence-corrected chi connectivity index (χ0v) is 9.36. The molecule has 5 nitrogen and oxygen atoms in total. The predicted molar refractivity (Wildman–Crippen MR) is 56.1 cm³/mol. The molecule has 0 aromatic carbocycles. The minimum absolute atomic E-state index is 0.121. The highest BCUT2D eigenvalue weighted by molar-refractivity contribution is 5.76. The van der Waals surface area contributed by atoms with Gasteiger partial charge in [-0.15, -0.1) is 0 Å². The highest BCUT2D eigenvalue weighted by Gasteiger charge is 2.10. The van der Waals surface area contributed by atoms with Gasteiger partial charge in [0.05, 0.1) is 5.69 Å². The Morgan fingerprint density at radius 2 is 2.40 bits per heavy atom. The summed E-state index contributed by atoms with van der Waals surface area (Å²) in [5, 5.41) is 6.97. The number of rotatable bonds is 5. The summed E-state index contributed by atoms with van der Waals surface area (Å²) in [4.78, 5) is 13.0. The number of carbonyl (C=O) groups excluding carboxylic acids is 1. The van der Waals surface area contributed by atoms with Gasteiger partial charge >= 0.3 is 0 Å². The first kappa shape index (κ1) is 11.7. The lowest BCUT2D eigenvalue weighted by Crippen LogP contribution is -2.33. The minimum atomic E-state index is 0.121. The fourth-order valence-corrected chi connectivity index (χ4v) is 1.12. The van der Waals surface area contributed by atoms with Gasteiger partial charge < -0.3 is 14.7 Å². The molecule has 0 saturated heterocycles. The number of carbonyl (C=O) groups is 1. The van der Waals surface area contributed by atoms with Crippen molar-refractivity contribution < 1.29 is 9.32 Å². The number of amides is 1. The Bertz CT molecular complexity index is 296. The maximum atomic E-state index is 11.4. The number of nitrogens with one attached hydrogen (secondary N) is 1. The van der Waals surface area contributed by atoms with Crippen LogP contribution in [0.15, 0.2) is 16.9 Å². The van der Waals surface area contributed by atoms with Gasteiger partial charge in [0.25, 0.3) is 0 Å². The van der Waals surface area contributed by atoms with Crippen molar-refractivity contribution in [2.24, 2.45) is 0 Å². The SMILES string of the molecule is CC(CC(=O)N(C)C)NCc1ccon1. The molecule has 0 aliphatic carbocycles. The van der Waals surface area contributed by atoms with E-state index < -0.39 is 0 Å². The van der Waals surface area contributed by atoms with E-state index in [-0.39, 0.29) is 11.9 Å². The van der Waals surface area contributed by atoms with E-state index in [1.54, 1.807) is 25.1 Å². The molecule has 0 fully saturated rings. The van der Waals surface area contributed by atoms with Crippen molar-refractivity contribution in [2.75, 3.05) is 14.1 Å². The van der Waals surface area contributed by atoms with Gasteiger partial charge in [0.15, 0.2) is 0 Å². The summed E-state index contributed by atoms with van der Waals surface area (Å²) < 4.78 is 4.70. The van der Waals surface area contributed by atoms with Crippen LogP contribution in [-0.4, -0.2) is 36.1 Å². The molecule has 1 heterocycles. The van der Waals surface area contributed by atoms with Crippen LogP contribution in [0.3, 0.4) is 0 Å². The van der Waals surface area contributed by atoms with E-state index in [1.165, 1.54) is 6.26 Å². The second-order valence-corrected chi connectivity index (χ2v) is 3.77. The Morgan fingerprint density at radius 3 is 2.93 bits per heavy atom. The molecule has 84 valence electrons. The van der Waals surface area contributed by atoms with Crippen molar-refractivity contribution in [3.63, 3.8) is 0 Å². The second-order valence-electron chi connectivity index (χ2n) is 3.77. The van der Waals surface area contributed by atoms with Crippen LogP contribution >= 0.6 is 0 Å². The third-order valence-corrected chi connectivity index (χ3v) is 2.10. The van der Waals surface area contributed by atoms with Crippen molar-refractivity contribution >= 4 is 5.91 Å². The lowest BCUT2D eigenvalue weighted by Gasteiger charge is -2.15. The van der Waals surface area contributed by atoms with Gasteiger partial charge in [-0.25, -0.2) is 0 Å². The molecule has 0 spiro atoms. The maximum absolute atomic E-state index is 11.4. The first-order valence-corrected chi connectivity index (χ1v) is 4.92. The molecule has 1 aromatic rings. The van der Waals surface area contributed by atoms with E-state index in [1.807, 2.05) is 6.92 Å². The van der Waals surface area contributed by atoms with Crippen LogP contribution < -0.4 is 5.32 Å². The van der Waals surface area contributed by atoms with Gasteiger partial charge in [-0.1, -0.05) is 5.16 Å². The smallest absolute Gasteiger partial charge is 0.223 e. The molecular formula is C10H17N3O2. The zero-order valence-electron chi connectivity index (χ0n) is 9.36. The normalized spacial score (nSPS) is 12.5. The molecule has 1 amide bonds. The summed E-state index contributed by atoms with van der Waals surface area (Å²) in [5.41, 5.74) is 0.846. The third-order valence-electron chi connectivity index (χ3n) is 2.10. The second kappa shape index (κ2) is 5.50. The summed E-state index contributed by atoms with van der Waals surface area (Å²) >= 11 is 0. The zero-order chi connectivity index (χ0) is 11.3. The molecule has 1 N–H and O–H groups in total. The Labute approximate surface area is 89.4 Å². The van der Waals surface area contributed by atoms with Gasteiger partial charge in [0, 0.05) is 39.2 Å². The third kappa shape index (κ3) is 4.12. The molecule has 0 aliphatic rings. The lowest BCUT2D eigenvalue weighted by molar-refractivity contribution is -0.129. The van der Waals surface area contributed by atoms with Crippen LogP contribution in [0.2, 0.25) is 0 Å². The fraction of sp³-hybridized carbons (Fsp3) is 0.600. The molecule has 5 heteroatoms. The van der Waals surface area contributed by atoms with E-state index in [9.17, 15) is 4.79 Å². The average Bonchev–Trinajstić information content (AvgIpc) is 2.66. The van der Waals surface area contributed by atoms with Crippen LogP contribution in [0.25, 0.3) is 0 Å². The molecule has 1 aromatic heterocycles. The van der Waals surface area contributed by atoms with Gasteiger partial charge in [-0.3, -0.25) is 4.79 Å². The first-order valence-electron chi connectivity index (χ1n) is 4.92. The molecule has 1 rings (SSSR count). The van der Waals surface area contributed by atoms with Crippen molar-refractivity contribution in [3.8, 4) is 0 Å². The van der Waals surface area contributed by atoms with Crippen LogP contribution in [0.1, 0.15) is 19.0 Å². The largest absolute Gasteiger partial charge is 0.364 e. The number of aromatic nitrogens is 1. The number of hydrogen-bond donors (Lipinski definition) is 1. The Balaban J connectivity index is 2.24. The van der Waals surface area contributed by atoms with Crippen LogP contribution in [-0.2, 0) is 11.3 Å². The predicted octanol–water partition coefficient (Wildman–Crippen LogP) is 0.631. The standard InChI is InChI=1S/C10H17N3O2/c1-8(6-10(14)13(2)3)11-7-9-4-5-15-12-9/h4-5,8,11H,6-7H2,1-3H3. The Hall–Kier alpha value is -1.36. The molecule has 15 heavy (non-hydrogen) atoms. The van der Waals surface area contributed by atoms with Crippen molar-refractivity contribution in [1.82, 2.24) is 15.4 Å². The monoisotopic (exact) mass is 211 g/mol. The summed E-state index contributed by atoms with van der Waals surface area (Å²) in [6.07, 6.45) is 2.03. The van der Waals surface area contributed by atoms with Gasteiger partial charge in [0.2, 0.25) is 5.91 Å². The average molecular weight is 211 g/mol. The first-order chi connectivity index (χ1) is 7.09. The van der Waals surface area contributed by atoms with Gasteiger partial charge in [-0.05, 0) is 6.92 Å².